The topological polar surface area (TPSA) is 46.3 Å². The van der Waals surface area contributed by atoms with Gasteiger partial charge in [-0.25, -0.2) is 0 Å². The standard InChI is InChI=1S/C19H30N2O/c1-4-15-13-21(19(22)18(20)12-14(2)3)11-10-17(15)16-8-6-5-7-9-16/h5-9,14-15,17-18H,4,10-13,20H2,1-3H3/t15?,17?,18-/m0/s1. The summed E-state index contributed by atoms with van der Waals surface area (Å²) in [5.74, 6) is 1.70. The molecule has 2 rings (SSSR count). The van der Waals surface area contributed by atoms with Crippen LogP contribution in [0, 0.1) is 11.8 Å². The van der Waals surface area contributed by atoms with E-state index in [1.165, 1.54) is 5.56 Å². The summed E-state index contributed by atoms with van der Waals surface area (Å²) in [6, 6.07) is 10.4. The molecule has 2 unspecified atom stereocenters. The number of amides is 1. The minimum absolute atomic E-state index is 0.138. The smallest absolute Gasteiger partial charge is 0.239 e. The van der Waals surface area contributed by atoms with Gasteiger partial charge in [-0.3, -0.25) is 4.79 Å². The lowest BCUT2D eigenvalue weighted by Crippen LogP contribution is -2.49. The first kappa shape index (κ1) is 17.0. The zero-order chi connectivity index (χ0) is 16.1. The van der Waals surface area contributed by atoms with E-state index in [0.29, 0.717) is 17.8 Å². The molecule has 0 aliphatic carbocycles. The summed E-state index contributed by atoms with van der Waals surface area (Å²) >= 11 is 0. The molecule has 1 fully saturated rings. The molecule has 1 saturated heterocycles. The van der Waals surface area contributed by atoms with Crippen LogP contribution in [-0.4, -0.2) is 29.9 Å². The van der Waals surface area contributed by atoms with Gasteiger partial charge in [-0.05, 0) is 36.2 Å². The van der Waals surface area contributed by atoms with Crippen molar-refractivity contribution in [1.82, 2.24) is 4.90 Å². The Bertz CT molecular complexity index is 472. The monoisotopic (exact) mass is 302 g/mol. The molecule has 22 heavy (non-hydrogen) atoms. The van der Waals surface area contributed by atoms with Crippen molar-refractivity contribution in [1.29, 1.82) is 0 Å². The Morgan fingerprint density at radius 1 is 1.32 bits per heavy atom. The molecule has 0 bridgehead atoms. The molecule has 3 atom stereocenters. The van der Waals surface area contributed by atoms with E-state index in [2.05, 4.69) is 51.1 Å². The first-order valence-electron chi connectivity index (χ1n) is 8.62. The second kappa shape index (κ2) is 7.77. The predicted octanol–water partition coefficient (Wildman–Crippen LogP) is 3.40. The zero-order valence-electron chi connectivity index (χ0n) is 14.2. The van der Waals surface area contributed by atoms with Gasteiger partial charge in [-0.1, -0.05) is 57.5 Å². The van der Waals surface area contributed by atoms with Crippen LogP contribution in [0.1, 0.15) is 51.5 Å². The van der Waals surface area contributed by atoms with Gasteiger partial charge in [0.1, 0.15) is 0 Å². The van der Waals surface area contributed by atoms with E-state index >= 15 is 0 Å². The first-order valence-corrected chi connectivity index (χ1v) is 8.62. The largest absolute Gasteiger partial charge is 0.341 e. The van der Waals surface area contributed by atoms with Crippen molar-refractivity contribution in [3.8, 4) is 0 Å². The molecule has 0 spiro atoms. The van der Waals surface area contributed by atoms with Gasteiger partial charge in [0.05, 0.1) is 6.04 Å². The summed E-state index contributed by atoms with van der Waals surface area (Å²) in [6.45, 7) is 8.14. The third-order valence-electron chi connectivity index (χ3n) is 4.84. The maximum Gasteiger partial charge on any atom is 0.239 e. The van der Waals surface area contributed by atoms with Gasteiger partial charge in [-0.2, -0.15) is 0 Å². The second-order valence-corrected chi connectivity index (χ2v) is 6.99. The van der Waals surface area contributed by atoms with E-state index < -0.39 is 0 Å². The van der Waals surface area contributed by atoms with E-state index in [1.807, 2.05) is 4.90 Å². The summed E-state index contributed by atoms with van der Waals surface area (Å²) in [5.41, 5.74) is 7.50. The number of carbonyl (C=O) groups is 1. The highest BCUT2D eigenvalue weighted by atomic mass is 16.2. The van der Waals surface area contributed by atoms with Gasteiger partial charge in [0, 0.05) is 13.1 Å². The summed E-state index contributed by atoms with van der Waals surface area (Å²) in [4.78, 5) is 14.5. The van der Waals surface area contributed by atoms with Crippen molar-refractivity contribution in [2.24, 2.45) is 17.6 Å². The fourth-order valence-electron chi connectivity index (χ4n) is 3.63. The molecule has 0 radical (unpaired) electrons. The van der Waals surface area contributed by atoms with Crippen LogP contribution in [-0.2, 0) is 4.79 Å². The Morgan fingerprint density at radius 2 is 2.00 bits per heavy atom. The average molecular weight is 302 g/mol. The van der Waals surface area contributed by atoms with Crippen LogP contribution in [0.25, 0.3) is 0 Å². The molecule has 1 aromatic rings. The van der Waals surface area contributed by atoms with E-state index in [0.717, 1.165) is 32.4 Å². The van der Waals surface area contributed by atoms with Gasteiger partial charge in [0.2, 0.25) is 5.91 Å². The normalized spacial score (nSPS) is 23.6. The number of nitrogens with zero attached hydrogens (tertiary/aromatic N) is 1. The molecule has 0 saturated carbocycles. The molecule has 1 aliphatic heterocycles. The lowest BCUT2D eigenvalue weighted by Gasteiger charge is -2.39. The fraction of sp³-hybridized carbons (Fsp3) is 0.632. The minimum atomic E-state index is -0.342. The number of nitrogens with two attached hydrogens (primary N) is 1. The van der Waals surface area contributed by atoms with Crippen LogP contribution in [0.4, 0.5) is 0 Å². The predicted molar refractivity (Wildman–Crippen MR) is 91.6 cm³/mol. The third kappa shape index (κ3) is 4.10. The van der Waals surface area contributed by atoms with Crippen LogP contribution in [0.2, 0.25) is 0 Å². The summed E-state index contributed by atoms with van der Waals surface area (Å²) in [7, 11) is 0. The third-order valence-corrected chi connectivity index (χ3v) is 4.84. The maximum absolute atomic E-state index is 12.5. The molecule has 3 heteroatoms. The first-order chi connectivity index (χ1) is 10.5. The van der Waals surface area contributed by atoms with Crippen molar-refractivity contribution < 1.29 is 4.79 Å². The Hall–Kier alpha value is -1.35. The van der Waals surface area contributed by atoms with Crippen molar-refractivity contribution in [2.45, 2.75) is 52.0 Å². The van der Waals surface area contributed by atoms with Crippen LogP contribution < -0.4 is 5.73 Å². The molecule has 3 nitrogen and oxygen atoms in total. The highest BCUT2D eigenvalue weighted by Gasteiger charge is 2.32. The molecule has 1 aliphatic rings. The number of rotatable bonds is 5. The lowest BCUT2D eigenvalue weighted by molar-refractivity contribution is -0.135. The Kier molecular flexibility index (Phi) is 6.01. The van der Waals surface area contributed by atoms with E-state index in [1.54, 1.807) is 0 Å². The fourth-order valence-corrected chi connectivity index (χ4v) is 3.63. The highest BCUT2D eigenvalue weighted by Crippen LogP contribution is 2.35. The van der Waals surface area contributed by atoms with Crippen LogP contribution in [0.3, 0.4) is 0 Å². The number of carbonyl (C=O) groups excluding carboxylic acids is 1. The minimum Gasteiger partial charge on any atom is -0.341 e. The number of likely N-dealkylation sites (tertiary alicyclic amines) is 1. The van der Waals surface area contributed by atoms with Gasteiger partial charge in [0.15, 0.2) is 0 Å². The SMILES string of the molecule is CCC1CN(C(=O)[C@@H](N)CC(C)C)CCC1c1ccccc1. The maximum atomic E-state index is 12.5. The van der Waals surface area contributed by atoms with Gasteiger partial charge in [-0.15, -0.1) is 0 Å². The van der Waals surface area contributed by atoms with E-state index in [-0.39, 0.29) is 11.9 Å². The van der Waals surface area contributed by atoms with E-state index in [9.17, 15) is 4.79 Å². The summed E-state index contributed by atoms with van der Waals surface area (Å²) in [6.07, 6.45) is 2.92. The highest BCUT2D eigenvalue weighted by molar-refractivity contribution is 5.81. The second-order valence-electron chi connectivity index (χ2n) is 6.99. The molecule has 1 heterocycles. The van der Waals surface area contributed by atoms with Crippen molar-refractivity contribution in [2.75, 3.05) is 13.1 Å². The quantitative estimate of drug-likeness (QED) is 0.906. The number of benzene rings is 1. The summed E-state index contributed by atoms with van der Waals surface area (Å²) in [5, 5.41) is 0. The lowest BCUT2D eigenvalue weighted by atomic mass is 9.79. The Morgan fingerprint density at radius 3 is 2.59 bits per heavy atom. The Labute approximate surface area is 134 Å². The van der Waals surface area contributed by atoms with Gasteiger partial charge < -0.3 is 10.6 Å². The van der Waals surface area contributed by atoms with Gasteiger partial charge in [0.25, 0.3) is 0 Å². The van der Waals surface area contributed by atoms with E-state index in [4.69, 9.17) is 5.73 Å². The van der Waals surface area contributed by atoms with Crippen molar-refractivity contribution >= 4 is 5.91 Å². The molecule has 1 aromatic carbocycles. The molecular formula is C19H30N2O. The zero-order valence-corrected chi connectivity index (χ0v) is 14.2. The van der Waals surface area contributed by atoms with Crippen molar-refractivity contribution in [3.63, 3.8) is 0 Å². The van der Waals surface area contributed by atoms with Gasteiger partial charge >= 0.3 is 0 Å². The van der Waals surface area contributed by atoms with Crippen LogP contribution in [0.15, 0.2) is 30.3 Å². The van der Waals surface area contributed by atoms with Crippen LogP contribution in [0.5, 0.6) is 0 Å². The summed E-state index contributed by atoms with van der Waals surface area (Å²) < 4.78 is 0. The number of hydrogen-bond acceptors (Lipinski definition) is 2. The molecule has 2 N–H and O–H groups in total. The molecule has 1 amide bonds. The number of hydrogen-bond donors (Lipinski definition) is 1. The average Bonchev–Trinajstić information content (AvgIpc) is 2.53. The van der Waals surface area contributed by atoms with Crippen molar-refractivity contribution in [3.05, 3.63) is 35.9 Å². The molecular weight excluding hydrogens is 272 g/mol. The number of piperidine rings is 1. The molecule has 122 valence electrons. The van der Waals surface area contributed by atoms with Crippen LogP contribution >= 0.6 is 0 Å². The Balaban J connectivity index is 2.02. The molecule has 0 aromatic heterocycles.